The first kappa shape index (κ1) is 15.7. The predicted molar refractivity (Wildman–Crippen MR) is 89.0 cm³/mol. The fourth-order valence-corrected chi connectivity index (χ4v) is 3.02. The summed E-state index contributed by atoms with van der Waals surface area (Å²) in [5.74, 6) is 0.0660. The monoisotopic (exact) mass is 302 g/mol. The van der Waals surface area contributed by atoms with Crippen LogP contribution in [-0.4, -0.2) is 10.9 Å². The van der Waals surface area contributed by atoms with E-state index in [1.54, 1.807) is 11.3 Å². The van der Waals surface area contributed by atoms with E-state index in [-0.39, 0.29) is 5.91 Å². The van der Waals surface area contributed by atoms with E-state index in [1.807, 2.05) is 12.3 Å². The molecule has 0 spiro atoms. The molecule has 0 saturated carbocycles. The molecule has 4 heteroatoms. The molecule has 1 heterocycles. The van der Waals surface area contributed by atoms with Crippen LogP contribution in [0.15, 0.2) is 23.6 Å². The van der Waals surface area contributed by atoms with Gasteiger partial charge in [-0.3, -0.25) is 4.79 Å². The van der Waals surface area contributed by atoms with Crippen LogP contribution in [-0.2, 0) is 24.1 Å². The molecule has 0 aliphatic heterocycles. The molecule has 112 valence electrons. The Morgan fingerprint density at radius 2 is 1.90 bits per heavy atom. The van der Waals surface area contributed by atoms with Crippen LogP contribution in [0.5, 0.6) is 0 Å². The summed E-state index contributed by atoms with van der Waals surface area (Å²) in [7, 11) is 0. The van der Waals surface area contributed by atoms with Gasteiger partial charge >= 0.3 is 0 Å². The minimum Gasteiger partial charge on any atom is -0.326 e. The number of amides is 1. The van der Waals surface area contributed by atoms with Gasteiger partial charge in [-0.15, -0.1) is 11.3 Å². The van der Waals surface area contributed by atoms with E-state index in [2.05, 4.69) is 42.3 Å². The maximum Gasteiger partial charge on any atom is 0.224 e. The van der Waals surface area contributed by atoms with Crippen LogP contribution in [0.4, 0.5) is 5.69 Å². The Kier molecular flexibility index (Phi) is 5.51. The lowest BCUT2D eigenvalue weighted by Gasteiger charge is -2.14. The van der Waals surface area contributed by atoms with Gasteiger partial charge in [0, 0.05) is 17.5 Å². The van der Waals surface area contributed by atoms with Gasteiger partial charge in [0.15, 0.2) is 0 Å². The van der Waals surface area contributed by atoms with Crippen molar-refractivity contribution in [2.75, 3.05) is 5.32 Å². The van der Waals surface area contributed by atoms with Gasteiger partial charge in [-0.05, 0) is 37.3 Å². The van der Waals surface area contributed by atoms with Gasteiger partial charge in [0.1, 0.15) is 0 Å². The molecule has 0 fully saturated rings. The normalized spacial score (nSPS) is 10.6. The number of rotatable bonds is 6. The molecule has 1 N–H and O–H groups in total. The molecule has 0 aliphatic rings. The molecular formula is C17H22N2OS. The Morgan fingerprint density at radius 1 is 1.24 bits per heavy atom. The predicted octanol–water partition coefficient (Wildman–Crippen LogP) is 4.15. The van der Waals surface area contributed by atoms with Crippen molar-refractivity contribution in [3.8, 4) is 0 Å². The van der Waals surface area contributed by atoms with Crippen molar-refractivity contribution in [1.29, 1.82) is 0 Å². The largest absolute Gasteiger partial charge is 0.326 e. The quantitative estimate of drug-likeness (QED) is 0.871. The van der Waals surface area contributed by atoms with E-state index in [4.69, 9.17) is 0 Å². The van der Waals surface area contributed by atoms with Crippen LogP contribution in [0, 0.1) is 6.92 Å². The van der Waals surface area contributed by atoms with Crippen LogP contribution in [0.1, 0.15) is 42.1 Å². The number of carbonyl (C=O) groups is 1. The summed E-state index contributed by atoms with van der Waals surface area (Å²) in [6.07, 6.45) is 3.03. The molecule has 0 radical (unpaired) electrons. The van der Waals surface area contributed by atoms with Gasteiger partial charge in [0.25, 0.3) is 0 Å². The first-order valence-electron chi connectivity index (χ1n) is 7.45. The Hall–Kier alpha value is -1.68. The lowest BCUT2D eigenvalue weighted by molar-refractivity contribution is -0.116. The molecule has 3 nitrogen and oxygen atoms in total. The van der Waals surface area contributed by atoms with Crippen molar-refractivity contribution in [1.82, 2.24) is 4.98 Å². The summed E-state index contributed by atoms with van der Waals surface area (Å²) in [5.41, 5.74) is 4.41. The summed E-state index contributed by atoms with van der Waals surface area (Å²) in [5, 5.41) is 6.17. The molecule has 2 aromatic rings. The number of aromatic nitrogens is 1. The number of nitrogens with one attached hydrogen (secondary N) is 1. The molecule has 2 rings (SSSR count). The SMILES string of the molecule is CCc1cccc(CC)c1NC(=O)CCc1csc(C)n1. The number of hydrogen-bond acceptors (Lipinski definition) is 3. The molecule has 0 unspecified atom stereocenters. The maximum atomic E-state index is 12.2. The average Bonchev–Trinajstić information content (AvgIpc) is 2.91. The third-order valence-electron chi connectivity index (χ3n) is 3.54. The molecule has 0 atom stereocenters. The molecular weight excluding hydrogens is 280 g/mol. The summed E-state index contributed by atoms with van der Waals surface area (Å²) >= 11 is 1.63. The number of hydrogen-bond donors (Lipinski definition) is 1. The average molecular weight is 302 g/mol. The van der Waals surface area contributed by atoms with Gasteiger partial charge in [0.05, 0.1) is 10.7 Å². The number of anilines is 1. The number of thiazole rings is 1. The zero-order valence-electron chi connectivity index (χ0n) is 12.9. The second-order valence-corrected chi connectivity index (χ2v) is 6.13. The van der Waals surface area contributed by atoms with E-state index in [1.165, 1.54) is 11.1 Å². The van der Waals surface area contributed by atoms with Crippen molar-refractivity contribution < 1.29 is 4.79 Å². The lowest BCUT2D eigenvalue weighted by Crippen LogP contribution is -2.15. The van der Waals surface area contributed by atoms with Crippen LogP contribution >= 0.6 is 11.3 Å². The van der Waals surface area contributed by atoms with Gasteiger partial charge < -0.3 is 5.32 Å². The summed E-state index contributed by atoms with van der Waals surface area (Å²) < 4.78 is 0. The number of carbonyl (C=O) groups excluding carboxylic acids is 1. The van der Waals surface area contributed by atoms with Crippen molar-refractivity contribution >= 4 is 22.9 Å². The Labute approximate surface area is 130 Å². The third-order valence-corrected chi connectivity index (χ3v) is 4.36. The number of benzene rings is 1. The molecule has 0 saturated heterocycles. The van der Waals surface area contributed by atoms with Gasteiger partial charge in [0.2, 0.25) is 5.91 Å². The maximum absolute atomic E-state index is 12.2. The third kappa shape index (κ3) is 4.14. The van der Waals surface area contributed by atoms with Crippen molar-refractivity contribution in [2.24, 2.45) is 0 Å². The topological polar surface area (TPSA) is 42.0 Å². The van der Waals surface area contributed by atoms with E-state index in [9.17, 15) is 4.79 Å². The minimum atomic E-state index is 0.0660. The second-order valence-electron chi connectivity index (χ2n) is 5.06. The zero-order valence-corrected chi connectivity index (χ0v) is 13.7. The number of para-hydroxylation sites is 1. The highest BCUT2D eigenvalue weighted by Crippen LogP contribution is 2.23. The first-order chi connectivity index (χ1) is 10.1. The van der Waals surface area contributed by atoms with Gasteiger partial charge in [-0.1, -0.05) is 32.0 Å². The Bertz CT molecular complexity index is 597. The van der Waals surface area contributed by atoms with Crippen molar-refractivity contribution in [2.45, 2.75) is 46.5 Å². The van der Waals surface area contributed by atoms with Crippen molar-refractivity contribution in [3.05, 3.63) is 45.4 Å². The Balaban J connectivity index is 2.02. The van der Waals surface area contributed by atoms with Crippen LogP contribution in [0.25, 0.3) is 0 Å². The van der Waals surface area contributed by atoms with Gasteiger partial charge in [-0.25, -0.2) is 4.98 Å². The summed E-state index contributed by atoms with van der Waals surface area (Å²) in [4.78, 5) is 16.6. The molecule has 1 amide bonds. The highest BCUT2D eigenvalue weighted by molar-refractivity contribution is 7.09. The standard InChI is InChI=1S/C17H22N2OS/c1-4-13-7-6-8-14(5-2)17(13)19-16(20)10-9-15-11-21-12(3)18-15/h6-8,11H,4-5,9-10H2,1-3H3,(H,19,20). The lowest BCUT2D eigenvalue weighted by atomic mass is 10.0. The second kappa shape index (κ2) is 7.36. The molecule has 1 aromatic carbocycles. The Morgan fingerprint density at radius 3 is 2.43 bits per heavy atom. The highest BCUT2D eigenvalue weighted by atomic mass is 32.1. The van der Waals surface area contributed by atoms with Crippen LogP contribution in [0.3, 0.4) is 0 Å². The van der Waals surface area contributed by atoms with E-state index in [0.717, 1.165) is 29.2 Å². The molecule has 21 heavy (non-hydrogen) atoms. The van der Waals surface area contributed by atoms with E-state index in [0.29, 0.717) is 12.8 Å². The highest BCUT2D eigenvalue weighted by Gasteiger charge is 2.10. The van der Waals surface area contributed by atoms with Gasteiger partial charge in [-0.2, -0.15) is 0 Å². The summed E-state index contributed by atoms with van der Waals surface area (Å²) in [6, 6.07) is 6.22. The van der Waals surface area contributed by atoms with Crippen LogP contribution < -0.4 is 5.32 Å². The summed E-state index contributed by atoms with van der Waals surface area (Å²) in [6.45, 7) is 6.21. The fraction of sp³-hybridized carbons (Fsp3) is 0.412. The number of aryl methyl sites for hydroxylation is 4. The first-order valence-corrected chi connectivity index (χ1v) is 8.33. The molecule has 0 aliphatic carbocycles. The van der Waals surface area contributed by atoms with Crippen molar-refractivity contribution in [3.63, 3.8) is 0 Å². The van der Waals surface area contributed by atoms with E-state index >= 15 is 0 Å². The smallest absolute Gasteiger partial charge is 0.224 e. The molecule has 1 aromatic heterocycles. The zero-order chi connectivity index (χ0) is 15.2. The molecule has 0 bridgehead atoms. The fourth-order valence-electron chi connectivity index (χ4n) is 2.37. The minimum absolute atomic E-state index is 0.0660. The van der Waals surface area contributed by atoms with Crippen LogP contribution in [0.2, 0.25) is 0 Å². The van der Waals surface area contributed by atoms with E-state index < -0.39 is 0 Å². The number of nitrogens with zero attached hydrogens (tertiary/aromatic N) is 1.